The van der Waals surface area contributed by atoms with E-state index in [1.165, 1.54) is 11.1 Å². The second-order valence-electron chi connectivity index (χ2n) is 5.28. The molecule has 3 aromatic rings. The van der Waals surface area contributed by atoms with E-state index in [1.807, 2.05) is 18.2 Å². The first-order valence-electron chi connectivity index (χ1n) is 7.36. The number of benzene rings is 2. The Morgan fingerprint density at radius 3 is 1.90 bits per heavy atom. The van der Waals surface area contributed by atoms with Gasteiger partial charge in [0.2, 0.25) is 0 Å². The Morgan fingerprint density at radius 2 is 1.33 bits per heavy atom. The van der Waals surface area contributed by atoms with Gasteiger partial charge in [0.25, 0.3) is 0 Å². The summed E-state index contributed by atoms with van der Waals surface area (Å²) in [6, 6.07) is 23.0. The van der Waals surface area contributed by atoms with Crippen molar-refractivity contribution in [1.82, 2.24) is 0 Å². The third kappa shape index (κ3) is 3.03. The van der Waals surface area contributed by atoms with Crippen molar-refractivity contribution in [3.63, 3.8) is 0 Å². The second kappa shape index (κ2) is 5.92. The first-order chi connectivity index (χ1) is 10.3. The Balaban J connectivity index is 2.05. The molecule has 21 heavy (non-hydrogen) atoms. The summed E-state index contributed by atoms with van der Waals surface area (Å²) in [7, 11) is 0. The molecule has 0 aliphatic carbocycles. The van der Waals surface area contributed by atoms with Crippen LogP contribution in [-0.4, -0.2) is 0 Å². The van der Waals surface area contributed by atoms with E-state index in [0.717, 1.165) is 29.1 Å². The molecule has 1 heteroatoms. The zero-order valence-corrected chi connectivity index (χ0v) is 12.5. The largest absolute Gasteiger partial charge is 0.361 e. The van der Waals surface area contributed by atoms with Gasteiger partial charge in [-0.15, -0.1) is 0 Å². The number of rotatable bonds is 3. The number of hydrogen-bond acceptors (Lipinski definition) is 0. The van der Waals surface area contributed by atoms with Gasteiger partial charge in [0.15, 0.2) is 0 Å². The van der Waals surface area contributed by atoms with E-state index in [-0.39, 0.29) is 0 Å². The van der Waals surface area contributed by atoms with E-state index in [1.54, 1.807) is 0 Å². The molecule has 0 amide bonds. The summed E-state index contributed by atoms with van der Waals surface area (Å²) in [6.45, 7) is 4.27. The quantitative estimate of drug-likeness (QED) is 0.553. The summed E-state index contributed by atoms with van der Waals surface area (Å²) in [5.41, 5.74) is 4.77. The maximum atomic E-state index is 6.10. The zero-order chi connectivity index (χ0) is 14.7. The van der Waals surface area contributed by atoms with E-state index < -0.39 is 0 Å². The molecule has 0 saturated heterocycles. The highest BCUT2D eigenvalue weighted by atomic mass is 16.3. The number of aryl methyl sites for hydroxylation is 2. The maximum absolute atomic E-state index is 6.10. The summed E-state index contributed by atoms with van der Waals surface area (Å²) >= 11 is 0. The highest BCUT2D eigenvalue weighted by Crippen LogP contribution is 2.28. The van der Waals surface area contributed by atoms with E-state index >= 15 is 0 Å². The third-order valence-electron chi connectivity index (χ3n) is 3.64. The molecule has 0 fully saturated rings. The lowest BCUT2D eigenvalue weighted by atomic mass is 10.1. The number of hydrogen-bond donors (Lipinski definition) is 0. The van der Waals surface area contributed by atoms with Crippen LogP contribution < -0.4 is 0 Å². The minimum atomic E-state index is 0.908. The van der Waals surface area contributed by atoms with Crippen molar-refractivity contribution >= 4 is 0 Å². The molecule has 0 saturated carbocycles. The van der Waals surface area contributed by atoms with Crippen LogP contribution in [0.2, 0.25) is 0 Å². The average molecular weight is 275 g/mol. The van der Waals surface area contributed by atoms with Gasteiger partial charge in [-0.25, -0.2) is 4.42 Å². The Bertz CT molecular complexity index is 728. The summed E-state index contributed by atoms with van der Waals surface area (Å²) < 4.78 is 6.10. The van der Waals surface area contributed by atoms with Crippen LogP contribution in [0.4, 0.5) is 0 Å². The summed E-state index contributed by atoms with van der Waals surface area (Å²) in [5.74, 6) is 1.82. The van der Waals surface area contributed by atoms with Gasteiger partial charge in [-0.05, 0) is 48.7 Å². The fourth-order valence-electron chi connectivity index (χ4n) is 2.42. The predicted molar refractivity (Wildman–Crippen MR) is 88.1 cm³/mol. The molecule has 1 heterocycles. The SMILES string of the molecule is CCc1ccc(-c2cc(C)cc(-c3ccccc3)[o+]2)cc1. The zero-order valence-electron chi connectivity index (χ0n) is 12.5. The van der Waals surface area contributed by atoms with Crippen LogP contribution in [0.1, 0.15) is 18.1 Å². The second-order valence-corrected chi connectivity index (χ2v) is 5.28. The molecule has 2 aromatic carbocycles. The molecule has 104 valence electrons. The molecule has 1 aromatic heterocycles. The minimum Gasteiger partial charge on any atom is -0.207 e. The van der Waals surface area contributed by atoms with E-state index in [4.69, 9.17) is 4.42 Å². The van der Waals surface area contributed by atoms with E-state index in [0.29, 0.717) is 0 Å². The van der Waals surface area contributed by atoms with Crippen LogP contribution >= 0.6 is 0 Å². The lowest BCUT2D eigenvalue weighted by Gasteiger charge is -1.99. The Morgan fingerprint density at radius 1 is 0.762 bits per heavy atom. The Hall–Kier alpha value is -2.41. The molecular weight excluding hydrogens is 256 g/mol. The Kier molecular flexibility index (Phi) is 3.83. The van der Waals surface area contributed by atoms with Crippen molar-refractivity contribution < 1.29 is 4.42 Å². The highest BCUT2D eigenvalue weighted by molar-refractivity contribution is 5.64. The first kappa shape index (κ1) is 13.6. The van der Waals surface area contributed by atoms with Gasteiger partial charge in [-0.3, -0.25) is 0 Å². The topological polar surface area (TPSA) is 11.3 Å². The fraction of sp³-hybridized carbons (Fsp3) is 0.150. The van der Waals surface area contributed by atoms with Crippen LogP contribution in [0.3, 0.4) is 0 Å². The fourth-order valence-corrected chi connectivity index (χ4v) is 2.42. The van der Waals surface area contributed by atoms with Gasteiger partial charge in [0, 0.05) is 12.1 Å². The molecule has 0 bridgehead atoms. The van der Waals surface area contributed by atoms with E-state index in [9.17, 15) is 0 Å². The molecule has 0 radical (unpaired) electrons. The van der Waals surface area contributed by atoms with Gasteiger partial charge in [-0.1, -0.05) is 37.3 Å². The molecule has 0 aliphatic rings. The normalized spacial score (nSPS) is 10.6. The maximum Gasteiger partial charge on any atom is 0.361 e. The first-order valence-corrected chi connectivity index (χ1v) is 7.36. The third-order valence-corrected chi connectivity index (χ3v) is 3.64. The van der Waals surface area contributed by atoms with Gasteiger partial charge in [0.05, 0.1) is 11.1 Å². The molecule has 0 aliphatic heterocycles. The van der Waals surface area contributed by atoms with Crippen LogP contribution in [-0.2, 0) is 6.42 Å². The van der Waals surface area contributed by atoms with Crippen LogP contribution in [0.15, 0.2) is 71.1 Å². The molecular formula is C20H19O+. The van der Waals surface area contributed by atoms with Crippen molar-refractivity contribution in [3.8, 4) is 22.6 Å². The lowest BCUT2D eigenvalue weighted by Crippen LogP contribution is -1.85. The lowest BCUT2D eigenvalue weighted by molar-refractivity contribution is 0.580. The van der Waals surface area contributed by atoms with Gasteiger partial charge < -0.3 is 0 Å². The van der Waals surface area contributed by atoms with Crippen LogP contribution in [0.25, 0.3) is 22.6 Å². The smallest absolute Gasteiger partial charge is 0.207 e. The molecule has 0 unspecified atom stereocenters. The summed E-state index contributed by atoms with van der Waals surface area (Å²) in [4.78, 5) is 0. The van der Waals surface area contributed by atoms with Crippen molar-refractivity contribution in [2.45, 2.75) is 20.3 Å². The van der Waals surface area contributed by atoms with Crippen molar-refractivity contribution in [2.24, 2.45) is 0 Å². The van der Waals surface area contributed by atoms with E-state index in [2.05, 4.69) is 62.4 Å². The summed E-state index contributed by atoms with van der Waals surface area (Å²) in [6.07, 6.45) is 1.06. The summed E-state index contributed by atoms with van der Waals surface area (Å²) in [5, 5.41) is 0. The van der Waals surface area contributed by atoms with Crippen molar-refractivity contribution in [1.29, 1.82) is 0 Å². The molecule has 0 atom stereocenters. The molecule has 0 N–H and O–H groups in total. The monoisotopic (exact) mass is 275 g/mol. The van der Waals surface area contributed by atoms with Gasteiger partial charge in [-0.2, -0.15) is 0 Å². The Labute approximate surface area is 125 Å². The highest BCUT2D eigenvalue weighted by Gasteiger charge is 2.18. The average Bonchev–Trinajstić information content (AvgIpc) is 2.55. The van der Waals surface area contributed by atoms with Crippen molar-refractivity contribution in [3.05, 3.63) is 77.9 Å². The van der Waals surface area contributed by atoms with Crippen molar-refractivity contribution in [2.75, 3.05) is 0 Å². The van der Waals surface area contributed by atoms with Gasteiger partial charge >= 0.3 is 11.5 Å². The van der Waals surface area contributed by atoms with Gasteiger partial charge in [0.1, 0.15) is 0 Å². The molecule has 0 spiro atoms. The molecule has 3 rings (SSSR count). The molecule has 1 nitrogen and oxygen atoms in total. The van der Waals surface area contributed by atoms with Crippen LogP contribution in [0.5, 0.6) is 0 Å². The van der Waals surface area contributed by atoms with Crippen LogP contribution in [0, 0.1) is 6.92 Å². The predicted octanol–water partition coefficient (Wildman–Crippen LogP) is 5.77. The minimum absolute atomic E-state index is 0.908. The standard InChI is InChI=1S/C20H19O/c1-3-16-9-11-18(12-10-16)20-14-15(2)13-19(21-20)17-7-5-4-6-8-17/h4-14H,3H2,1-2H3/q+1.